The van der Waals surface area contributed by atoms with Crippen LogP contribution in [0, 0.1) is 5.92 Å². The number of unbranched alkanes of at least 4 members (excludes halogenated alkanes) is 22. The van der Waals surface area contributed by atoms with Gasteiger partial charge in [0.25, 0.3) is 0 Å². The first-order chi connectivity index (χ1) is 24.0. The molecule has 296 valence electrons. The Balaban J connectivity index is 0. The Kier molecular flexibility index (Phi) is 39.5. The largest absolute Gasteiger partial charge is 0.394 e. The van der Waals surface area contributed by atoms with Gasteiger partial charge >= 0.3 is 10.4 Å². The summed E-state index contributed by atoms with van der Waals surface area (Å²) in [4.78, 5) is 28.0. The van der Waals surface area contributed by atoms with Crippen molar-refractivity contribution in [3.05, 3.63) is 24.3 Å². The van der Waals surface area contributed by atoms with Gasteiger partial charge in [0, 0.05) is 25.2 Å². The molecule has 7 nitrogen and oxygen atoms in total. The molecular formula is C42H81NO6S. The standard InChI is InChI=1S/C42H79NO2.H2O4S/c1-5-7-9-11-13-15-17-19-21-23-25-27-29-31-33-35-41(44)39-40(37-38-43(3)4)42(45)36-34-32-30-28-26-24-22-20-18-16-14-12-10-8-6-2;1-5(2,3)4/h19-22,40H,5-18,23-39H2,1-4H3;(H2,1,2,3,4)/b21-19-,22-20-;. The SMILES string of the molecule is CCCCCCCC/C=C\CCCCCCCC(=O)CC(CCN(C)C)C(=O)CCCCCCC/C=C\CCCCCCCC.O=S(=O)(O)O. The van der Waals surface area contributed by atoms with Crippen LogP contribution < -0.4 is 0 Å². The molecule has 0 rings (SSSR count). The van der Waals surface area contributed by atoms with Crippen LogP contribution in [0.4, 0.5) is 0 Å². The molecule has 0 heterocycles. The number of hydrogen-bond donors (Lipinski definition) is 2. The van der Waals surface area contributed by atoms with Crippen molar-refractivity contribution < 1.29 is 27.1 Å². The Bertz CT molecular complexity index is 907. The predicted octanol–water partition coefficient (Wildman–Crippen LogP) is 12.5. The fraction of sp³-hybridized carbons (Fsp3) is 0.857. The van der Waals surface area contributed by atoms with Gasteiger partial charge in [0.05, 0.1) is 0 Å². The lowest BCUT2D eigenvalue weighted by atomic mass is 9.89. The fourth-order valence-electron chi connectivity index (χ4n) is 6.13. The van der Waals surface area contributed by atoms with E-state index in [0.717, 1.165) is 38.6 Å². The lowest BCUT2D eigenvalue weighted by Gasteiger charge is -2.18. The highest BCUT2D eigenvalue weighted by Crippen LogP contribution is 2.19. The van der Waals surface area contributed by atoms with Crippen LogP contribution in [0.1, 0.15) is 206 Å². The van der Waals surface area contributed by atoms with E-state index in [1.54, 1.807) is 0 Å². The van der Waals surface area contributed by atoms with Gasteiger partial charge < -0.3 is 4.90 Å². The number of carbonyl (C=O) groups is 2. The third kappa shape index (κ3) is 46.6. The number of ketones is 2. The lowest BCUT2D eigenvalue weighted by Crippen LogP contribution is -2.24. The third-order valence-corrected chi connectivity index (χ3v) is 9.26. The highest BCUT2D eigenvalue weighted by atomic mass is 32.3. The molecule has 0 aromatic carbocycles. The van der Waals surface area contributed by atoms with Crippen molar-refractivity contribution in [1.29, 1.82) is 0 Å². The van der Waals surface area contributed by atoms with E-state index >= 15 is 0 Å². The summed E-state index contributed by atoms with van der Waals surface area (Å²) in [5.41, 5.74) is 0. The summed E-state index contributed by atoms with van der Waals surface area (Å²) < 4.78 is 31.6. The van der Waals surface area contributed by atoms with Crippen molar-refractivity contribution in [1.82, 2.24) is 4.90 Å². The van der Waals surface area contributed by atoms with Gasteiger partial charge in [0.15, 0.2) is 0 Å². The maximum atomic E-state index is 13.1. The van der Waals surface area contributed by atoms with Crippen LogP contribution in [0.2, 0.25) is 0 Å². The first kappa shape index (κ1) is 50.8. The Labute approximate surface area is 310 Å². The molecule has 0 saturated carbocycles. The van der Waals surface area contributed by atoms with Crippen LogP contribution in [0.15, 0.2) is 24.3 Å². The molecule has 0 bridgehead atoms. The number of allylic oxidation sites excluding steroid dienone is 4. The van der Waals surface area contributed by atoms with Gasteiger partial charge in [-0.3, -0.25) is 18.7 Å². The number of rotatable bonds is 36. The molecule has 0 amide bonds. The normalized spacial score (nSPS) is 12.5. The molecule has 0 spiro atoms. The average molecular weight is 728 g/mol. The summed E-state index contributed by atoms with van der Waals surface area (Å²) >= 11 is 0. The van der Waals surface area contributed by atoms with Gasteiger partial charge in [0.2, 0.25) is 0 Å². The molecular weight excluding hydrogens is 647 g/mol. The van der Waals surface area contributed by atoms with E-state index < -0.39 is 10.4 Å². The zero-order chi connectivity index (χ0) is 37.6. The van der Waals surface area contributed by atoms with Gasteiger partial charge in [0.1, 0.15) is 11.6 Å². The molecule has 0 aromatic heterocycles. The highest BCUT2D eigenvalue weighted by molar-refractivity contribution is 7.79. The van der Waals surface area contributed by atoms with Crippen LogP contribution in [-0.2, 0) is 20.0 Å². The molecule has 0 aliphatic carbocycles. The van der Waals surface area contributed by atoms with E-state index in [1.807, 2.05) is 0 Å². The quantitative estimate of drug-likeness (QED) is 0.0375. The van der Waals surface area contributed by atoms with Gasteiger partial charge in [-0.1, -0.05) is 141 Å². The van der Waals surface area contributed by atoms with Gasteiger partial charge in [-0.15, -0.1) is 0 Å². The first-order valence-electron chi connectivity index (χ1n) is 20.7. The van der Waals surface area contributed by atoms with E-state index in [2.05, 4.69) is 57.1 Å². The van der Waals surface area contributed by atoms with Crippen molar-refractivity contribution in [3.8, 4) is 0 Å². The minimum atomic E-state index is -4.67. The average Bonchev–Trinajstić information content (AvgIpc) is 3.05. The predicted molar refractivity (Wildman–Crippen MR) is 214 cm³/mol. The van der Waals surface area contributed by atoms with E-state index in [9.17, 15) is 9.59 Å². The van der Waals surface area contributed by atoms with E-state index in [-0.39, 0.29) is 5.92 Å². The minimum Gasteiger partial charge on any atom is -0.309 e. The van der Waals surface area contributed by atoms with E-state index in [0.29, 0.717) is 30.8 Å². The molecule has 1 unspecified atom stereocenters. The molecule has 0 aromatic rings. The fourth-order valence-corrected chi connectivity index (χ4v) is 6.13. The van der Waals surface area contributed by atoms with Crippen LogP contribution in [0.3, 0.4) is 0 Å². The molecule has 0 fully saturated rings. The Morgan fingerprint density at radius 1 is 0.540 bits per heavy atom. The van der Waals surface area contributed by atoms with Crippen molar-refractivity contribution in [2.45, 2.75) is 206 Å². The Morgan fingerprint density at radius 3 is 1.22 bits per heavy atom. The molecule has 8 heteroatoms. The second-order valence-electron chi connectivity index (χ2n) is 14.6. The van der Waals surface area contributed by atoms with Crippen molar-refractivity contribution in [2.75, 3.05) is 20.6 Å². The maximum Gasteiger partial charge on any atom is 0.394 e. The van der Waals surface area contributed by atoms with Gasteiger partial charge in [-0.25, -0.2) is 0 Å². The summed E-state index contributed by atoms with van der Waals surface area (Å²) in [6, 6.07) is 0. The zero-order valence-electron chi connectivity index (χ0n) is 33.2. The van der Waals surface area contributed by atoms with Crippen LogP contribution in [-0.4, -0.2) is 54.6 Å². The number of Topliss-reactive ketones (excluding diaryl/α,β-unsaturated/α-hetero) is 2. The lowest BCUT2D eigenvalue weighted by molar-refractivity contribution is -0.128. The Hall–Kier alpha value is -1.35. The zero-order valence-corrected chi connectivity index (χ0v) is 34.0. The van der Waals surface area contributed by atoms with E-state index in [1.165, 1.54) is 141 Å². The number of nitrogens with zero attached hydrogens (tertiary/aromatic N) is 1. The third-order valence-electron chi connectivity index (χ3n) is 9.26. The van der Waals surface area contributed by atoms with E-state index in [4.69, 9.17) is 17.5 Å². The maximum absolute atomic E-state index is 13.1. The molecule has 0 aliphatic heterocycles. The first-order valence-corrected chi connectivity index (χ1v) is 22.1. The molecule has 2 N–H and O–H groups in total. The van der Waals surface area contributed by atoms with Gasteiger partial charge in [-0.2, -0.15) is 8.42 Å². The molecule has 0 aliphatic rings. The monoisotopic (exact) mass is 728 g/mol. The molecule has 1 atom stereocenters. The summed E-state index contributed by atoms with van der Waals surface area (Å²) in [5, 5.41) is 0. The van der Waals surface area contributed by atoms with Crippen molar-refractivity contribution in [2.24, 2.45) is 5.92 Å². The van der Waals surface area contributed by atoms with Crippen LogP contribution in [0.25, 0.3) is 0 Å². The number of hydrogen-bond acceptors (Lipinski definition) is 5. The van der Waals surface area contributed by atoms with Crippen molar-refractivity contribution in [3.63, 3.8) is 0 Å². The smallest absolute Gasteiger partial charge is 0.309 e. The molecule has 0 saturated heterocycles. The van der Waals surface area contributed by atoms with Crippen molar-refractivity contribution >= 4 is 22.0 Å². The van der Waals surface area contributed by atoms with Gasteiger partial charge in [-0.05, 0) is 91.3 Å². The van der Waals surface area contributed by atoms with Crippen LogP contribution in [0.5, 0.6) is 0 Å². The summed E-state index contributed by atoms with van der Waals surface area (Å²) in [6.07, 6.45) is 45.1. The number of carbonyl (C=O) groups excluding carboxylic acids is 2. The Morgan fingerprint density at radius 2 is 0.860 bits per heavy atom. The van der Waals surface area contributed by atoms with Crippen LogP contribution >= 0.6 is 0 Å². The second-order valence-corrected chi connectivity index (χ2v) is 15.5. The second kappa shape index (κ2) is 38.9. The summed E-state index contributed by atoms with van der Waals surface area (Å²) in [6.45, 7) is 5.43. The topological polar surface area (TPSA) is 112 Å². The highest BCUT2D eigenvalue weighted by Gasteiger charge is 2.21. The minimum absolute atomic E-state index is 0.0835. The molecule has 50 heavy (non-hydrogen) atoms. The summed E-state index contributed by atoms with van der Waals surface area (Å²) in [7, 11) is -0.558. The molecule has 0 radical (unpaired) electrons. The summed E-state index contributed by atoms with van der Waals surface area (Å²) in [5.74, 6) is 0.543.